The topological polar surface area (TPSA) is 127 Å². The molecular formula is C28H38N4O7. The molecule has 212 valence electrons. The molecule has 2 aromatic rings. The van der Waals surface area contributed by atoms with Crippen LogP contribution >= 0.6 is 0 Å². The van der Waals surface area contributed by atoms with Crippen LogP contribution in [0.1, 0.15) is 44.7 Å². The number of ether oxygens (including phenoxy) is 2. The largest absolute Gasteiger partial charge is 0.445 e. The number of carbonyl (C=O) groups is 3. The number of piperidine rings is 1. The molecule has 0 bridgehead atoms. The van der Waals surface area contributed by atoms with E-state index in [1.165, 1.54) is 4.90 Å². The Kier molecular flexibility index (Phi) is 11.5. The molecule has 11 nitrogen and oxygen atoms in total. The molecule has 0 saturated carbocycles. The number of rotatable bonds is 11. The Morgan fingerprint density at radius 3 is 2.18 bits per heavy atom. The summed E-state index contributed by atoms with van der Waals surface area (Å²) >= 11 is 0. The maximum atomic E-state index is 12.9. The first-order valence-electron chi connectivity index (χ1n) is 13.0. The van der Waals surface area contributed by atoms with E-state index >= 15 is 0 Å². The van der Waals surface area contributed by atoms with Gasteiger partial charge in [-0.15, -0.1) is 0 Å². The van der Waals surface area contributed by atoms with E-state index in [1.807, 2.05) is 60.7 Å². The molecule has 2 aromatic carbocycles. The molecule has 1 fully saturated rings. The number of hydrogen-bond acceptors (Lipinski definition) is 8. The molecule has 0 aliphatic carbocycles. The molecular weight excluding hydrogens is 504 g/mol. The fourth-order valence-electron chi connectivity index (χ4n) is 3.85. The van der Waals surface area contributed by atoms with Crippen LogP contribution in [0.3, 0.4) is 0 Å². The van der Waals surface area contributed by atoms with E-state index in [0.717, 1.165) is 11.1 Å². The quantitative estimate of drug-likeness (QED) is 0.291. The standard InChI is InChI=1S/C28H38N4O7/c1-28(2,3)39-27(35)32-18-23(30-38-20-22-12-8-5-9-13-22)14-15-24(32)25(33)31-37-17-16-29-26(34)36-19-21-10-6-4-7-11-21/h4-13,23-24,30H,14-20H2,1-3H3,(H,29,34)(H,31,33). The Labute approximate surface area is 229 Å². The predicted molar refractivity (Wildman–Crippen MR) is 143 cm³/mol. The molecule has 11 heteroatoms. The molecule has 1 heterocycles. The van der Waals surface area contributed by atoms with Crippen LogP contribution in [0.4, 0.5) is 9.59 Å². The number of carbonyl (C=O) groups excluding carboxylic acids is 3. The average molecular weight is 543 g/mol. The number of nitrogens with one attached hydrogen (secondary N) is 3. The van der Waals surface area contributed by atoms with E-state index in [-0.39, 0.29) is 32.3 Å². The third kappa shape index (κ3) is 10.9. The fraction of sp³-hybridized carbons (Fsp3) is 0.464. The van der Waals surface area contributed by atoms with E-state index in [9.17, 15) is 14.4 Å². The van der Waals surface area contributed by atoms with Crippen LogP contribution in [-0.4, -0.2) is 60.4 Å². The molecule has 2 unspecified atom stereocenters. The predicted octanol–water partition coefficient (Wildman–Crippen LogP) is 3.45. The Hall–Kier alpha value is -3.67. The highest BCUT2D eigenvalue weighted by Crippen LogP contribution is 2.21. The van der Waals surface area contributed by atoms with Gasteiger partial charge in [0.25, 0.3) is 5.91 Å². The third-order valence-corrected chi connectivity index (χ3v) is 5.70. The van der Waals surface area contributed by atoms with Gasteiger partial charge in [-0.3, -0.25) is 19.4 Å². The minimum atomic E-state index is -0.782. The van der Waals surface area contributed by atoms with Crippen molar-refractivity contribution in [2.75, 3.05) is 19.7 Å². The van der Waals surface area contributed by atoms with Gasteiger partial charge in [0.2, 0.25) is 0 Å². The third-order valence-electron chi connectivity index (χ3n) is 5.70. The lowest BCUT2D eigenvalue weighted by Crippen LogP contribution is -2.58. The van der Waals surface area contributed by atoms with Crippen molar-refractivity contribution in [1.29, 1.82) is 0 Å². The van der Waals surface area contributed by atoms with E-state index < -0.39 is 29.7 Å². The number of alkyl carbamates (subject to hydrolysis) is 1. The molecule has 1 aliphatic heterocycles. The van der Waals surface area contributed by atoms with Gasteiger partial charge < -0.3 is 14.8 Å². The van der Waals surface area contributed by atoms with E-state index in [1.54, 1.807) is 20.8 Å². The summed E-state index contributed by atoms with van der Waals surface area (Å²) in [5.41, 5.74) is 6.55. The Bertz CT molecular complexity index is 1050. The lowest BCUT2D eigenvalue weighted by molar-refractivity contribution is -0.141. The van der Waals surface area contributed by atoms with Crippen molar-refractivity contribution in [3.63, 3.8) is 0 Å². The highest BCUT2D eigenvalue weighted by Gasteiger charge is 2.38. The molecule has 39 heavy (non-hydrogen) atoms. The zero-order valence-corrected chi connectivity index (χ0v) is 22.7. The summed E-state index contributed by atoms with van der Waals surface area (Å²) in [4.78, 5) is 49.9. The number of hydroxylamine groups is 2. The normalized spacial score (nSPS) is 17.3. The van der Waals surface area contributed by atoms with Gasteiger partial charge in [0.1, 0.15) is 18.2 Å². The fourth-order valence-corrected chi connectivity index (χ4v) is 3.85. The van der Waals surface area contributed by atoms with Crippen molar-refractivity contribution >= 4 is 18.1 Å². The second-order valence-corrected chi connectivity index (χ2v) is 10.1. The average Bonchev–Trinajstić information content (AvgIpc) is 2.92. The Balaban J connectivity index is 1.42. The molecule has 0 aromatic heterocycles. The van der Waals surface area contributed by atoms with Crippen molar-refractivity contribution in [2.45, 2.75) is 64.5 Å². The smallest absolute Gasteiger partial charge is 0.411 e. The molecule has 3 N–H and O–H groups in total. The highest BCUT2D eigenvalue weighted by molar-refractivity contribution is 5.85. The lowest BCUT2D eigenvalue weighted by atomic mass is 9.98. The summed E-state index contributed by atoms with van der Waals surface area (Å²) < 4.78 is 10.7. The number of benzene rings is 2. The summed E-state index contributed by atoms with van der Waals surface area (Å²) in [7, 11) is 0. The summed E-state index contributed by atoms with van der Waals surface area (Å²) in [6.07, 6.45) is -0.212. The summed E-state index contributed by atoms with van der Waals surface area (Å²) in [6.45, 7) is 6.18. The van der Waals surface area contributed by atoms with Crippen LogP contribution in [0, 0.1) is 0 Å². The zero-order chi connectivity index (χ0) is 28.1. The van der Waals surface area contributed by atoms with Gasteiger partial charge in [0.15, 0.2) is 0 Å². The van der Waals surface area contributed by atoms with Crippen molar-refractivity contribution < 1.29 is 33.5 Å². The minimum Gasteiger partial charge on any atom is -0.445 e. The van der Waals surface area contributed by atoms with Crippen LogP contribution in [0.2, 0.25) is 0 Å². The van der Waals surface area contributed by atoms with Gasteiger partial charge >= 0.3 is 12.2 Å². The SMILES string of the molecule is CC(C)(C)OC(=O)N1CC(NOCc2ccccc2)CCC1C(=O)NOCCNC(=O)OCc1ccccc1. The second-order valence-electron chi connectivity index (χ2n) is 10.1. The molecule has 1 aliphatic rings. The number of likely N-dealkylation sites (tertiary alicyclic amines) is 1. The first-order chi connectivity index (χ1) is 18.7. The summed E-state index contributed by atoms with van der Waals surface area (Å²) in [5.74, 6) is -0.476. The van der Waals surface area contributed by atoms with E-state index in [2.05, 4.69) is 16.3 Å². The van der Waals surface area contributed by atoms with Gasteiger partial charge in [-0.1, -0.05) is 60.7 Å². The van der Waals surface area contributed by atoms with Crippen molar-refractivity contribution in [3.8, 4) is 0 Å². The van der Waals surface area contributed by atoms with Crippen LogP contribution in [0.15, 0.2) is 60.7 Å². The molecule has 2 atom stereocenters. The van der Waals surface area contributed by atoms with Crippen LogP contribution < -0.4 is 16.3 Å². The van der Waals surface area contributed by atoms with E-state index in [0.29, 0.717) is 19.4 Å². The van der Waals surface area contributed by atoms with Crippen LogP contribution in [-0.2, 0) is 37.2 Å². The van der Waals surface area contributed by atoms with Crippen LogP contribution in [0.5, 0.6) is 0 Å². The maximum Gasteiger partial charge on any atom is 0.411 e. The monoisotopic (exact) mass is 542 g/mol. The maximum absolute atomic E-state index is 12.9. The van der Waals surface area contributed by atoms with Gasteiger partial charge in [0, 0.05) is 13.1 Å². The van der Waals surface area contributed by atoms with Gasteiger partial charge in [-0.2, -0.15) is 5.48 Å². The van der Waals surface area contributed by atoms with Crippen molar-refractivity contribution in [2.24, 2.45) is 0 Å². The van der Waals surface area contributed by atoms with Gasteiger partial charge in [-0.05, 0) is 44.7 Å². The molecule has 3 amide bonds. The second kappa shape index (κ2) is 15.1. The molecule has 0 radical (unpaired) electrons. The van der Waals surface area contributed by atoms with Crippen molar-refractivity contribution in [1.82, 2.24) is 21.2 Å². The minimum absolute atomic E-state index is 0.0167. The first-order valence-corrected chi connectivity index (χ1v) is 13.0. The van der Waals surface area contributed by atoms with Crippen molar-refractivity contribution in [3.05, 3.63) is 71.8 Å². The van der Waals surface area contributed by atoms with E-state index in [4.69, 9.17) is 19.1 Å². The summed E-state index contributed by atoms with van der Waals surface area (Å²) in [5, 5.41) is 2.55. The molecule has 0 spiro atoms. The van der Waals surface area contributed by atoms with Gasteiger partial charge in [0.05, 0.1) is 19.3 Å². The number of amides is 3. The van der Waals surface area contributed by atoms with Crippen LogP contribution in [0.25, 0.3) is 0 Å². The Morgan fingerprint density at radius 1 is 0.897 bits per heavy atom. The highest BCUT2D eigenvalue weighted by atomic mass is 16.7. The summed E-state index contributed by atoms with van der Waals surface area (Å²) in [6, 6.07) is 18.1. The Morgan fingerprint density at radius 2 is 1.54 bits per heavy atom. The molecule has 3 rings (SSSR count). The molecule has 1 saturated heterocycles. The number of nitrogens with zero attached hydrogens (tertiary/aromatic N) is 1. The van der Waals surface area contributed by atoms with Gasteiger partial charge in [-0.25, -0.2) is 15.1 Å². The zero-order valence-electron chi connectivity index (χ0n) is 22.7. The number of hydrogen-bond donors (Lipinski definition) is 3. The first kappa shape index (κ1) is 29.9. The lowest BCUT2D eigenvalue weighted by Gasteiger charge is -2.39.